The van der Waals surface area contributed by atoms with Crippen LogP contribution < -0.4 is 4.74 Å². The zero-order valence-corrected chi connectivity index (χ0v) is 18.5. The molecule has 0 bridgehead atoms. The van der Waals surface area contributed by atoms with Crippen LogP contribution in [-0.2, 0) is 28.9 Å². The molecule has 1 aliphatic heterocycles. The SMILES string of the molecule is CC(C)(C)OC(=O)C1(S(=O)(=O)c2ccc(OCCCCC(=O)O)cc2)CCOCC1. The van der Waals surface area contributed by atoms with Crippen molar-refractivity contribution >= 4 is 21.8 Å². The number of sulfone groups is 1. The minimum absolute atomic E-state index is 0.0217. The van der Waals surface area contributed by atoms with Crippen LogP contribution in [0.5, 0.6) is 5.75 Å². The maximum Gasteiger partial charge on any atom is 0.328 e. The summed E-state index contributed by atoms with van der Waals surface area (Å²) >= 11 is 0. The summed E-state index contributed by atoms with van der Waals surface area (Å²) in [5, 5.41) is 8.63. The van der Waals surface area contributed by atoms with Gasteiger partial charge in [-0.25, -0.2) is 8.42 Å². The number of ether oxygens (including phenoxy) is 3. The Balaban J connectivity index is 2.16. The molecule has 0 aromatic heterocycles. The van der Waals surface area contributed by atoms with Gasteiger partial charge in [0.1, 0.15) is 11.4 Å². The van der Waals surface area contributed by atoms with Crippen LogP contribution in [0, 0.1) is 0 Å². The first-order valence-corrected chi connectivity index (χ1v) is 11.5. The zero-order valence-electron chi connectivity index (χ0n) is 17.7. The third-order valence-corrected chi connectivity index (χ3v) is 7.27. The average molecular weight is 443 g/mol. The monoisotopic (exact) mass is 442 g/mol. The highest BCUT2D eigenvalue weighted by Crippen LogP contribution is 2.37. The van der Waals surface area contributed by atoms with Gasteiger partial charge in [-0.2, -0.15) is 0 Å². The smallest absolute Gasteiger partial charge is 0.328 e. The molecule has 0 radical (unpaired) electrons. The highest BCUT2D eigenvalue weighted by atomic mass is 32.2. The van der Waals surface area contributed by atoms with Gasteiger partial charge in [-0.3, -0.25) is 9.59 Å². The number of esters is 1. The molecule has 2 rings (SSSR count). The van der Waals surface area contributed by atoms with E-state index >= 15 is 0 Å². The predicted octanol–water partition coefficient (Wildman–Crippen LogP) is 2.98. The first kappa shape index (κ1) is 24.1. The van der Waals surface area contributed by atoms with E-state index in [-0.39, 0.29) is 37.4 Å². The molecule has 0 aliphatic carbocycles. The second-order valence-corrected chi connectivity index (χ2v) is 10.5. The fourth-order valence-electron chi connectivity index (χ4n) is 3.16. The molecule has 1 N–H and O–H groups in total. The lowest BCUT2D eigenvalue weighted by atomic mass is 9.99. The molecule has 0 saturated carbocycles. The van der Waals surface area contributed by atoms with Gasteiger partial charge in [0.05, 0.1) is 11.5 Å². The number of hydrogen-bond donors (Lipinski definition) is 1. The molecule has 0 spiro atoms. The standard InChI is InChI=1S/C21H30O8S/c1-20(2,3)29-19(24)21(11-14-27-15-12-21)30(25,26)17-9-7-16(8-10-17)28-13-5-4-6-18(22)23/h7-10H,4-6,11-15H2,1-3H3,(H,22,23). The van der Waals surface area contributed by atoms with Crippen LogP contribution in [-0.4, -0.2) is 55.6 Å². The lowest BCUT2D eigenvalue weighted by molar-refractivity contribution is -0.160. The molecule has 1 saturated heterocycles. The second kappa shape index (κ2) is 9.78. The number of aliphatic carboxylic acids is 1. The highest BCUT2D eigenvalue weighted by molar-refractivity contribution is 7.93. The molecule has 1 aromatic carbocycles. The average Bonchev–Trinajstić information content (AvgIpc) is 2.67. The van der Waals surface area contributed by atoms with Crippen molar-refractivity contribution in [1.29, 1.82) is 0 Å². The maximum atomic E-state index is 13.5. The lowest BCUT2D eigenvalue weighted by Gasteiger charge is -2.36. The topological polar surface area (TPSA) is 116 Å². The predicted molar refractivity (Wildman–Crippen MR) is 109 cm³/mol. The van der Waals surface area contributed by atoms with E-state index in [1.54, 1.807) is 20.8 Å². The van der Waals surface area contributed by atoms with E-state index in [0.717, 1.165) is 0 Å². The number of carbonyl (C=O) groups is 2. The first-order valence-electron chi connectivity index (χ1n) is 9.98. The van der Waals surface area contributed by atoms with Crippen LogP contribution >= 0.6 is 0 Å². The van der Waals surface area contributed by atoms with Crippen molar-refractivity contribution in [3.63, 3.8) is 0 Å². The summed E-state index contributed by atoms with van der Waals surface area (Å²) in [5.74, 6) is -1.13. The van der Waals surface area contributed by atoms with Gasteiger partial charge in [0, 0.05) is 32.5 Å². The van der Waals surface area contributed by atoms with E-state index in [1.807, 2.05) is 0 Å². The number of hydrogen-bond acceptors (Lipinski definition) is 7. The van der Waals surface area contributed by atoms with Gasteiger partial charge >= 0.3 is 11.9 Å². The number of unbranched alkanes of at least 4 members (excludes halogenated alkanes) is 1. The number of benzene rings is 1. The fourth-order valence-corrected chi connectivity index (χ4v) is 5.07. The van der Waals surface area contributed by atoms with E-state index in [1.165, 1.54) is 24.3 Å². The Morgan fingerprint density at radius 1 is 1.10 bits per heavy atom. The Hall–Kier alpha value is -2.13. The van der Waals surface area contributed by atoms with Crippen molar-refractivity contribution in [1.82, 2.24) is 0 Å². The Bertz CT molecular complexity index is 831. The number of carboxylic acid groups (broad SMARTS) is 1. The van der Waals surface area contributed by atoms with E-state index in [0.29, 0.717) is 25.2 Å². The molecule has 1 fully saturated rings. The molecule has 9 heteroatoms. The molecular weight excluding hydrogens is 412 g/mol. The van der Waals surface area contributed by atoms with Crippen LogP contribution in [0.3, 0.4) is 0 Å². The summed E-state index contributed by atoms with van der Waals surface area (Å²) in [4.78, 5) is 23.5. The summed E-state index contributed by atoms with van der Waals surface area (Å²) in [6.45, 7) is 5.76. The maximum absolute atomic E-state index is 13.5. The Kier molecular flexibility index (Phi) is 7.87. The quantitative estimate of drug-likeness (QED) is 0.458. The van der Waals surface area contributed by atoms with Crippen LogP contribution in [0.1, 0.15) is 52.9 Å². The molecule has 1 aliphatic rings. The van der Waals surface area contributed by atoms with Crippen LogP contribution in [0.25, 0.3) is 0 Å². The van der Waals surface area contributed by atoms with Crippen LogP contribution in [0.15, 0.2) is 29.2 Å². The normalized spacial score (nSPS) is 16.6. The third-order valence-electron chi connectivity index (χ3n) is 4.77. The number of carbonyl (C=O) groups excluding carboxylic acids is 1. The van der Waals surface area contributed by atoms with E-state index < -0.39 is 32.1 Å². The van der Waals surface area contributed by atoms with E-state index in [9.17, 15) is 18.0 Å². The summed E-state index contributed by atoms with van der Waals surface area (Å²) in [6.07, 6.45) is 1.23. The van der Waals surface area contributed by atoms with Crippen LogP contribution in [0.2, 0.25) is 0 Å². The summed E-state index contributed by atoms with van der Waals surface area (Å²) < 4.78 is 41.5. The highest BCUT2D eigenvalue weighted by Gasteiger charge is 2.54. The second-order valence-electron chi connectivity index (χ2n) is 8.28. The molecular formula is C21H30O8S. The van der Waals surface area contributed by atoms with Gasteiger partial charge in [-0.15, -0.1) is 0 Å². The van der Waals surface area contributed by atoms with Gasteiger partial charge in [-0.05, 0) is 57.9 Å². The minimum atomic E-state index is -4.03. The van der Waals surface area contributed by atoms with Gasteiger partial charge in [0.25, 0.3) is 0 Å². The van der Waals surface area contributed by atoms with Gasteiger partial charge < -0.3 is 19.3 Å². The van der Waals surface area contributed by atoms with Crippen molar-refractivity contribution < 1.29 is 37.3 Å². The molecule has 0 amide bonds. The Morgan fingerprint density at radius 2 is 1.70 bits per heavy atom. The summed E-state index contributed by atoms with van der Waals surface area (Å²) in [7, 11) is -4.03. The van der Waals surface area contributed by atoms with E-state index in [2.05, 4.69) is 0 Å². The molecule has 1 heterocycles. The summed E-state index contributed by atoms with van der Waals surface area (Å²) in [6, 6.07) is 5.91. The molecule has 0 atom stereocenters. The Morgan fingerprint density at radius 3 is 2.23 bits per heavy atom. The van der Waals surface area contributed by atoms with Crippen molar-refractivity contribution in [2.75, 3.05) is 19.8 Å². The van der Waals surface area contributed by atoms with Crippen molar-refractivity contribution in [3.05, 3.63) is 24.3 Å². The first-order chi connectivity index (χ1) is 14.0. The molecule has 30 heavy (non-hydrogen) atoms. The summed E-state index contributed by atoms with van der Waals surface area (Å²) in [5.41, 5.74) is -0.809. The lowest BCUT2D eigenvalue weighted by Crippen LogP contribution is -2.53. The molecule has 8 nitrogen and oxygen atoms in total. The van der Waals surface area contributed by atoms with Gasteiger partial charge in [0.2, 0.25) is 0 Å². The third kappa shape index (κ3) is 5.95. The van der Waals surface area contributed by atoms with Crippen LogP contribution in [0.4, 0.5) is 0 Å². The fraction of sp³-hybridized carbons (Fsp3) is 0.619. The van der Waals surface area contributed by atoms with E-state index in [4.69, 9.17) is 19.3 Å². The van der Waals surface area contributed by atoms with Crippen molar-refractivity contribution in [2.24, 2.45) is 0 Å². The molecule has 168 valence electrons. The van der Waals surface area contributed by atoms with Crippen molar-refractivity contribution in [2.45, 2.75) is 68.1 Å². The number of rotatable bonds is 9. The largest absolute Gasteiger partial charge is 0.494 e. The number of carboxylic acids is 1. The molecule has 0 unspecified atom stereocenters. The van der Waals surface area contributed by atoms with Crippen molar-refractivity contribution in [3.8, 4) is 5.75 Å². The minimum Gasteiger partial charge on any atom is -0.494 e. The zero-order chi connectivity index (χ0) is 22.4. The Labute approximate surface area is 177 Å². The van der Waals surface area contributed by atoms with Gasteiger partial charge in [-0.1, -0.05) is 0 Å². The van der Waals surface area contributed by atoms with Gasteiger partial charge in [0.15, 0.2) is 14.6 Å². The molecule has 1 aromatic rings.